The van der Waals surface area contributed by atoms with Crippen LogP contribution < -0.4 is 0 Å². The molecule has 0 radical (unpaired) electrons. The van der Waals surface area contributed by atoms with E-state index in [1.165, 1.54) is 14.2 Å². The van der Waals surface area contributed by atoms with E-state index in [2.05, 4.69) is 13.8 Å². The topological polar surface area (TPSA) is 69.7 Å². The summed E-state index contributed by atoms with van der Waals surface area (Å²) >= 11 is 0. The van der Waals surface area contributed by atoms with Crippen molar-refractivity contribution in [3.8, 4) is 0 Å². The molecule has 1 aromatic rings. The second kappa shape index (κ2) is 9.55. The Hall–Kier alpha value is -2.17. The zero-order chi connectivity index (χ0) is 21.8. The minimum absolute atomic E-state index is 0.138. The number of rotatable bonds is 9. The molecule has 0 bridgehead atoms. The molecular formula is C24H34O5. The molecule has 0 unspecified atom stereocenters. The predicted octanol–water partition coefficient (Wildman–Crippen LogP) is 4.18. The van der Waals surface area contributed by atoms with Gasteiger partial charge in [-0.2, -0.15) is 0 Å². The number of ketones is 1. The standard InChI is InChI=1S/C24H34O5/c1-7-11-12-17-15(8-2)18-13-24(22(26)28-5,23(27)29-6)14-19(18)16(9-3)21(17)20(25)10-4/h7-14H2,1-6H3. The molecule has 5 heteroatoms. The first-order valence-electron chi connectivity index (χ1n) is 10.7. The fourth-order valence-electron chi connectivity index (χ4n) is 4.85. The van der Waals surface area contributed by atoms with E-state index in [1.54, 1.807) is 0 Å². The zero-order valence-corrected chi connectivity index (χ0v) is 18.7. The van der Waals surface area contributed by atoms with E-state index in [0.717, 1.165) is 59.1 Å². The number of esters is 2. The highest BCUT2D eigenvalue weighted by atomic mass is 16.5. The molecule has 1 aliphatic rings. The molecule has 29 heavy (non-hydrogen) atoms. The van der Waals surface area contributed by atoms with Crippen molar-refractivity contribution in [2.45, 2.75) is 79.1 Å². The van der Waals surface area contributed by atoms with Crippen molar-refractivity contribution < 1.29 is 23.9 Å². The van der Waals surface area contributed by atoms with Gasteiger partial charge >= 0.3 is 11.9 Å². The lowest BCUT2D eigenvalue weighted by molar-refractivity contribution is -0.168. The number of Topliss-reactive ketones (excluding diaryl/α,β-unsaturated/α-hetero) is 1. The maximum Gasteiger partial charge on any atom is 0.323 e. The van der Waals surface area contributed by atoms with Crippen molar-refractivity contribution in [1.82, 2.24) is 0 Å². The van der Waals surface area contributed by atoms with Gasteiger partial charge in [0.25, 0.3) is 0 Å². The minimum atomic E-state index is -1.37. The van der Waals surface area contributed by atoms with E-state index in [1.807, 2.05) is 13.8 Å². The number of unbranched alkanes of at least 4 members (excludes halogenated alkanes) is 1. The Morgan fingerprint density at radius 3 is 1.76 bits per heavy atom. The van der Waals surface area contributed by atoms with E-state index in [4.69, 9.17) is 9.47 Å². The van der Waals surface area contributed by atoms with Gasteiger partial charge in [-0.05, 0) is 53.5 Å². The van der Waals surface area contributed by atoms with Crippen LogP contribution in [-0.2, 0) is 51.2 Å². The molecular weight excluding hydrogens is 368 g/mol. The molecule has 160 valence electrons. The molecule has 0 saturated heterocycles. The fraction of sp³-hybridized carbons (Fsp3) is 0.625. The monoisotopic (exact) mass is 402 g/mol. The van der Waals surface area contributed by atoms with Crippen LogP contribution in [0.4, 0.5) is 0 Å². The van der Waals surface area contributed by atoms with Crippen LogP contribution in [0.2, 0.25) is 0 Å². The quantitative estimate of drug-likeness (QED) is 0.352. The molecule has 0 aromatic heterocycles. The largest absolute Gasteiger partial charge is 0.468 e. The molecule has 0 N–H and O–H groups in total. The number of hydrogen-bond donors (Lipinski definition) is 0. The third-order valence-corrected chi connectivity index (χ3v) is 6.26. The normalized spacial score (nSPS) is 14.4. The summed E-state index contributed by atoms with van der Waals surface area (Å²) in [4.78, 5) is 38.5. The van der Waals surface area contributed by atoms with Crippen LogP contribution in [0.1, 0.15) is 85.1 Å². The van der Waals surface area contributed by atoms with Crippen LogP contribution in [-0.4, -0.2) is 31.9 Å². The Kier molecular flexibility index (Phi) is 7.61. The SMILES string of the molecule is CCCCc1c(CC)c2c(c(CC)c1C(=O)CC)CC(C(=O)OC)(C(=O)OC)C2. The van der Waals surface area contributed by atoms with Crippen molar-refractivity contribution >= 4 is 17.7 Å². The Labute approximate surface area is 174 Å². The lowest BCUT2D eigenvalue weighted by Crippen LogP contribution is -2.42. The van der Waals surface area contributed by atoms with Crippen molar-refractivity contribution in [1.29, 1.82) is 0 Å². The predicted molar refractivity (Wildman–Crippen MR) is 112 cm³/mol. The maximum atomic E-state index is 13.0. The van der Waals surface area contributed by atoms with E-state index in [9.17, 15) is 14.4 Å². The number of ether oxygens (including phenoxy) is 2. The highest BCUT2D eigenvalue weighted by Gasteiger charge is 2.54. The molecule has 5 nitrogen and oxygen atoms in total. The average molecular weight is 403 g/mol. The third kappa shape index (κ3) is 3.84. The number of fused-ring (bicyclic) bond motifs is 1. The number of carbonyl (C=O) groups excluding carboxylic acids is 3. The van der Waals surface area contributed by atoms with Crippen LogP contribution in [0, 0.1) is 5.41 Å². The van der Waals surface area contributed by atoms with Gasteiger partial charge in [0.2, 0.25) is 0 Å². The van der Waals surface area contributed by atoms with Crippen molar-refractivity contribution in [2.24, 2.45) is 5.41 Å². The second-order valence-corrected chi connectivity index (χ2v) is 7.77. The van der Waals surface area contributed by atoms with Gasteiger partial charge < -0.3 is 9.47 Å². The van der Waals surface area contributed by atoms with Crippen molar-refractivity contribution in [3.63, 3.8) is 0 Å². The summed E-state index contributed by atoms with van der Waals surface area (Å²) in [6, 6.07) is 0. The zero-order valence-electron chi connectivity index (χ0n) is 18.7. The van der Waals surface area contributed by atoms with Gasteiger partial charge in [-0.3, -0.25) is 14.4 Å². The Morgan fingerprint density at radius 1 is 0.828 bits per heavy atom. The summed E-state index contributed by atoms with van der Waals surface area (Å²) < 4.78 is 10.1. The highest BCUT2D eigenvalue weighted by Crippen LogP contribution is 2.45. The lowest BCUT2D eigenvalue weighted by Gasteiger charge is -2.22. The average Bonchev–Trinajstić information content (AvgIpc) is 3.15. The molecule has 0 saturated carbocycles. The third-order valence-electron chi connectivity index (χ3n) is 6.26. The van der Waals surface area contributed by atoms with Gasteiger partial charge in [-0.25, -0.2) is 0 Å². The molecule has 1 aromatic carbocycles. The first-order valence-corrected chi connectivity index (χ1v) is 10.7. The van der Waals surface area contributed by atoms with E-state index < -0.39 is 17.4 Å². The van der Waals surface area contributed by atoms with Gasteiger partial charge in [-0.15, -0.1) is 0 Å². The van der Waals surface area contributed by atoms with Crippen LogP contribution in [0.25, 0.3) is 0 Å². The van der Waals surface area contributed by atoms with E-state index >= 15 is 0 Å². The summed E-state index contributed by atoms with van der Waals surface area (Å²) in [7, 11) is 2.60. The summed E-state index contributed by atoms with van der Waals surface area (Å²) in [5, 5.41) is 0. The molecule has 0 fully saturated rings. The molecule has 0 spiro atoms. The first-order chi connectivity index (χ1) is 13.9. The van der Waals surface area contributed by atoms with Gasteiger partial charge in [-0.1, -0.05) is 34.1 Å². The van der Waals surface area contributed by atoms with Gasteiger partial charge in [0, 0.05) is 24.8 Å². The molecule has 0 heterocycles. The molecule has 0 aliphatic heterocycles. The van der Waals surface area contributed by atoms with E-state index in [-0.39, 0.29) is 18.6 Å². The van der Waals surface area contributed by atoms with Crippen LogP contribution >= 0.6 is 0 Å². The minimum Gasteiger partial charge on any atom is -0.468 e. The second-order valence-electron chi connectivity index (χ2n) is 7.77. The fourth-order valence-corrected chi connectivity index (χ4v) is 4.85. The molecule has 2 rings (SSSR count). The van der Waals surface area contributed by atoms with Gasteiger partial charge in [0.15, 0.2) is 11.2 Å². The van der Waals surface area contributed by atoms with Gasteiger partial charge in [0.1, 0.15) is 0 Å². The van der Waals surface area contributed by atoms with Gasteiger partial charge in [0.05, 0.1) is 14.2 Å². The smallest absolute Gasteiger partial charge is 0.323 e. The summed E-state index contributed by atoms with van der Waals surface area (Å²) in [6.07, 6.45) is 5.26. The molecule has 1 aliphatic carbocycles. The Bertz CT molecular complexity index is 790. The lowest BCUT2D eigenvalue weighted by atomic mass is 9.82. The molecule has 0 atom stereocenters. The van der Waals surface area contributed by atoms with Crippen LogP contribution in [0.3, 0.4) is 0 Å². The number of benzene rings is 1. The number of hydrogen-bond acceptors (Lipinski definition) is 5. The van der Waals surface area contributed by atoms with Crippen LogP contribution in [0.5, 0.6) is 0 Å². The van der Waals surface area contributed by atoms with E-state index in [0.29, 0.717) is 12.8 Å². The highest BCUT2D eigenvalue weighted by molar-refractivity contribution is 6.03. The van der Waals surface area contributed by atoms with Crippen LogP contribution in [0.15, 0.2) is 0 Å². The van der Waals surface area contributed by atoms with Crippen molar-refractivity contribution in [2.75, 3.05) is 14.2 Å². The maximum absolute atomic E-state index is 13.0. The summed E-state index contributed by atoms with van der Waals surface area (Å²) in [6.45, 7) is 8.14. The number of methoxy groups -OCH3 is 2. The first kappa shape index (κ1) is 23.1. The Morgan fingerprint density at radius 2 is 1.34 bits per heavy atom. The summed E-state index contributed by atoms with van der Waals surface area (Å²) in [5.74, 6) is -0.995. The Balaban J connectivity index is 2.84. The molecule has 0 amide bonds. The van der Waals surface area contributed by atoms with Crippen molar-refractivity contribution in [3.05, 3.63) is 33.4 Å². The summed E-state index contributed by atoms with van der Waals surface area (Å²) in [5.41, 5.74) is 4.69. The number of carbonyl (C=O) groups is 3.